The highest BCUT2D eigenvalue weighted by atomic mass is 32.2. The molecule has 10 nitrogen and oxygen atoms in total. The summed E-state index contributed by atoms with van der Waals surface area (Å²) >= 11 is 0. The van der Waals surface area contributed by atoms with Crippen LogP contribution >= 0.6 is 0 Å². The number of sulfone groups is 1. The predicted molar refractivity (Wildman–Crippen MR) is 125 cm³/mol. The van der Waals surface area contributed by atoms with E-state index in [9.17, 15) is 32.7 Å². The Balaban J connectivity index is 1.85. The minimum atomic E-state index is -4.42. The normalized spacial score (nSPS) is 17.2. The number of allylic oxidation sites excluding steroid dienone is 1. The molecule has 0 spiro atoms. The van der Waals surface area contributed by atoms with Gasteiger partial charge < -0.3 is 15.2 Å². The number of carbonyl (C=O) groups is 4. The summed E-state index contributed by atoms with van der Waals surface area (Å²) in [5, 5.41) is 10.1. The van der Waals surface area contributed by atoms with Crippen molar-refractivity contribution in [2.75, 3.05) is 12.4 Å². The number of amides is 2. The zero-order valence-electron chi connectivity index (χ0n) is 19.0. The number of nitrogens with one attached hydrogen (secondary N) is 1. The molecule has 11 heteroatoms. The number of aliphatic carboxylic acids is 1. The first-order valence-corrected chi connectivity index (χ1v) is 12.3. The Hall–Kier alpha value is -3.99. The molecule has 3 rings (SSSR count). The van der Waals surface area contributed by atoms with Gasteiger partial charge in [-0.2, -0.15) is 0 Å². The first-order valence-electron chi connectivity index (χ1n) is 10.5. The lowest BCUT2D eigenvalue weighted by Gasteiger charge is -2.46. The van der Waals surface area contributed by atoms with Crippen LogP contribution in [0.2, 0.25) is 0 Å². The summed E-state index contributed by atoms with van der Waals surface area (Å²) in [6, 6.07) is 14.5. The molecule has 0 radical (unpaired) electrons. The van der Waals surface area contributed by atoms with Crippen molar-refractivity contribution in [3.8, 4) is 5.75 Å². The van der Waals surface area contributed by atoms with Gasteiger partial charge >= 0.3 is 5.97 Å². The summed E-state index contributed by atoms with van der Waals surface area (Å²) in [5.41, 5.74) is -0.204. The van der Waals surface area contributed by atoms with Gasteiger partial charge in [-0.05, 0) is 31.6 Å². The van der Waals surface area contributed by atoms with Crippen LogP contribution in [0.25, 0.3) is 0 Å². The predicted octanol–water partition coefficient (Wildman–Crippen LogP) is 1.39. The van der Waals surface area contributed by atoms with Crippen LogP contribution in [0.1, 0.15) is 24.2 Å². The third kappa shape index (κ3) is 5.75. The molecule has 35 heavy (non-hydrogen) atoms. The highest BCUT2D eigenvalue weighted by Crippen LogP contribution is 2.32. The number of benzene rings is 2. The third-order valence-corrected chi connectivity index (χ3v) is 7.07. The van der Waals surface area contributed by atoms with Crippen molar-refractivity contribution in [3.05, 3.63) is 77.5 Å². The molecule has 2 aromatic carbocycles. The van der Waals surface area contributed by atoms with Crippen molar-refractivity contribution in [2.24, 2.45) is 0 Å². The molecule has 0 aromatic heterocycles. The number of ether oxygens (including phenoxy) is 1. The van der Waals surface area contributed by atoms with Gasteiger partial charge in [0.2, 0.25) is 0 Å². The van der Waals surface area contributed by atoms with Gasteiger partial charge in [0.1, 0.15) is 23.2 Å². The van der Waals surface area contributed by atoms with E-state index in [1.54, 1.807) is 48.5 Å². The van der Waals surface area contributed by atoms with Crippen LogP contribution in [-0.4, -0.2) is 65.8 Å². The number of para-hydroxylation sites is 1. The largest absolute Gasteiger partial charge is 0.484 e. The Morgan fingerprint density at radius 1 is 1.00 bits per heavy atom. The van der Waals surface area contributed by atoms with Crippen molar-refractivity contribution in [2.45, 2.75) is 25.3 Å². The topological polar surface area (TPSA) is 147 Å². The van der Waals surface area contributed by atoms with Crippen LogP contribution in [0.3, 0.4) is 0 Å². The number of hydrogen-bond donors (Lipinski definition) is 2. The Kier molecular flexibility index (Phi) is 7.70. The van der Waals surface area contributed by atoms with Gasteiger partial charge in [0.05, 0.1) is 0 Å². The summed E-state index contributed by atoms with van der Waals surface area (Å²) in [6.07, 6.45) is 0. The number of hydrogen-bond acceptors (Lipinski definition) is 7. The van der Waals surface area contributed by atoms with Crippen LogP contribution in [0.4, 0.5) is 0 Å². The molecule has 1 fully saturated rings. The van der Waals surface area contributed by atoms with E-state index in [2.05, 4.69) is 5.32 Å². The van der Waals surface area contributed by atoms with Crippen molar-refractivity contribution >= 4 is 33.4 Å². The van der Waals surface area contributed by atoms with Gasteiger partial charge in [-0.1, -0.05) is 48.5 Å². The number of Topliss-reactive ketones (excluding diaryl/α,β-unsaturated/α-hetero) is 1. The summed E-state index contributed by atoms with van der Waals surface area (Å²) in [5.74, 6) is -4.53. The maximum atomic E-state index is 13.3. The Bertz CT molecular complexity index is 1270. The Morgan fingerprint density at radius 2 is 1.57 bits per heavy atom. The van der Waals surface area contributed by atoms with E-state index in [1.165, 1.54) is 26.0 Å². The van der Waals surface area contributed by atoms with E-state index in [0.717, 1.165) is 0 Å². The average Bonchev–Trinajstić information content (AvgIpc) is 2.81. The van der Waals surface area contributed by atoms with Crippen molar-refractivity contribution in [1.82, 2.24) is 10.2 Å². The standard InChI is InChI=1S/C24H24N2O8S/c1-15(2)21(24(30)31)26-22(29)20(25-19(28)13-34-17-11-7-4-8-12-17)23(26)35(32,33)14-18(27)16-9-5-3-6-10-16/h3-12,20,23H,13-14H2,1-2H3,(H,25,28)(H,30,31)/t20-,23+/m0/s1. The van der Waals surface area contributed by atoms with Crippen LogP contribution in [0.15, 0.2) is 71.9 Å². The third-order valence-electron chi connectivity index (χ3n) is 5.19. The van der Waals surface area contributed by atoms with E-state index >= 15 is 0 Å². The van der Waals surface area contributed by atoms with E-state index in [4.69, 9.17) is 4.74 Å². The summed E-state index contributed by atoms with van der Waals surface area (Å²) < 4.78 is 31.8. The molecule has 2 amide bonds. The summed E-state index contributed by atoms with van der Waals surface area (Å²) in [7, 11) is -4.42. The number of β-lactam (4-membered cyclic amide) rings is 1. The molecule has 0 unspecified atom stereocenters. The zero-order valence-corrected chi connectivity index (χ0v) is 19.8. The van der Waals surface area contributed by atoms with Crippen molar-refractivity contribution < 1.29 is 37.4 Å². The molecule has 0 saturated carbocycles. The number of ketones is 1. The lowest BCUT2D eigenvalue weighted by atomic mass is 10.0. The Morgan fingerprint density at radius 3 is 2.11 bits per heavy atom. The number of rotatable bonds is 10. The molecule has 0 bridgehead atoms. The zero-order chi connectivity index (χ0) is 25.8. The second kappa shape index (κ2) is 10.5. The highest BCUT2D eigenvalue weighted by molar-refractivity contribution is 7.92. The second-order valence-corrected chi connectivity index (χ2v) is 10.1. The number of carbonyl (C=O) groups excluding carboxylic acids is 3. The molecule has 1 aliphatic rings. The molecule has 184 valence electrons. The first-order chi connectivity index (χ1) is 16.5. The van der Waals surface area contributed by atoms with Crippen LogP contribution in [0.5, 0.6) is 5.75 Å². The van der Waals surface area contributed by atoms with Gasteiger partial charge in [0.25, 0.3) is 11.8 Å². The number of likely N-dealkylation sites (tertiary alicyclic amines) is 1. The molecule has 2 N–H and O–H groups in total. The minimum absolute atomic E-state index is 0.144. The van der Waals surface area contributed by atoms with E-state index in [-0.39, 0.29) is 11.1 Å². The van der Waals surface area contributed by atoms with Crippen LogP contribution in [-0.2, 0) is 24.2 Å². The fourth-order valence-electron chi connectivity index (χ4n) is 3.62. The number of carboxylic acid groups (broad SMARTS) is 1. The molecule has 0 aliphatic carbocycles. The summed E-state index contributed by atoms with van der Waals surface area (Å²) in [6.45, 7) is 2.32. The fourth-order valence-corrected chi connectivity index (χ4v) is 5.45. The molecule has 2 aromatic rings. The van der Waals surface area contributed by atoms with Crippen LogP contribution in [0, 0.1) is 0 Å². The number of carboxylic acids is 1. The maximum Gasteiger partial charge on any atom is 0.352 e. The van der Waals surface area contributed by atoms with Gasteiger partial charge in [-0.3, -0.25) is 19.3 Å². The highest BCUT2D eigenvalue weighted by Gasteiger charge is 2.58. The van der Waals surface area contributed by atoms with Crippen molar-refractivity contribution in [3.63, 3.8) is 0 Å². The molecule has 2 atom stereocenters. The maximum absolute atomic E-state index is 13.3. The molecular formula is C24H24N2O8S. The second-order valence-electron chi connectivity index (χ2n) is 8.00. The van der Waals surface area contributed by atoms with E-state index < -0.39 is 62.9 Å². The SMILES string of the molecule is CC(C)=C(C(=O)O)N1C(=O)[C@H](NC(=O)COc2ccccc2)[C@H]1S(=O)(=O)CC(=O)c1ccccc1. The monoisotopic (exact) mass is 500 g/mol. The summed E-state index contributed by atoms with van der Waals surface area (Å²) in [4.78, 5) is 50.3. The smallest absolute Gasteiger partial charge is 0.352 e. The minimum Gasteiger partial charge on any atom is -0.484 e. The van der Waals surface area contributed by atoms with Gasteiger partial charge in [0.15, 0.2) is 27.6 Å². The van der Waals surface area contributed by atoms with Crippen molar-refractivity contribution in [1.29, 1.82) is 0 Å². The average molecular weight is 501 g/mol. The van der Waals surface area contributed by atoms with E-state index in [0.29, 0.717) is 10.6 Å². The quantitative estimate of drug-likeness (QED) is 0.283. The molecular weight excluding hydrogens is 476 g/mol. The molecule has 1 saturated heterocycles. The fraction of sp³-hybridized carbons (Fsp3) is 0.250. The van der Waals surface area contributed by atoms with Gasteiger partial charge in [-0.15, -0.1) is 0 Å². The first kappa shape index (κ1) is 25.6. The van der Waals surface area contributed by atoms with E-state index in [1.807, 2.05) is 0 Å². The number of nitrogens with zero attached hydrogens (tertiary/aromatic N) is 1. The Labute approximate surface area is 202 Å². The van der Waals surface area contributed by atoms with Crippen LogP contribution < -0.4 is 10.1 Å². The lowest BCUT2D eigenvalue weighted by molar-refractivity contribution is -0.151. The molecule has 1 aliphatic heterocycles. The van der Waals surface area contributed by atoms with Gasteiger partial charge in [0, 0.05) is 5.56 Å². The van der Waals surface area contributed by atoms with Gasteiger partial charge in [-0.25, -0.2) is 13.2 Å². The lowest BCUT2D eigenvalue weighted by Crippen LogP contribution is -2.73. The molecule has 1 heterocycles.